The third-order valence-corrected chi connectivity index (χ3v) is 2.96. The Morgan fingerprint density at radius 3 is 2.67 bits per heavy atom. The maximum absolute atomic E-state index is 5.91. The number of anilines is 1. The van der Waals surface area contributed by atoms with Gasteiger partial charge in [0, 0.05) is 0 Å². The normalized spacial score (nSPS) is 17.4. The van der Waals surface area contributed by atoms with E-state index in [9.17, 15) is 0 Å². The van der Waals surface area contributed by atoms with E-state index in [1.165, 1.54) is 24.8 Å². The number of rotatable bonds is 1. The summed E-state index contributed by atoms with van der Waals surface area (Å²) < 4.78 is 0. The van der Waals surface area contributed by atoms with Gasteiger partial charge in [0.15, 0.2) is 0 Å². The van der Waals surface area contributed by atoms with Crippen LogP contribution in [-0.4, -0.2) is 0 Å². The SMILES string of the molecule is Nc1c(Cl)cccc1C1CCC1. The fourth-order valence-corrected chi connectivity index (χ4v) is 1.81. The lowest BCUT2D eigenvalue weighted by atomic mass is 9.79. The number of nitrogens with two attached hydrogens (primary N) is 1. The van der Waals surface area contributed by atoms with Crippen molar-refractivity contribution in [1.82, 2.24) is 0 Å². The lowest BCUT2D eigenvalue weighted by Crippen LogP contribution is -2.10. The van der Waals surface area contributed by atoms with Gasteiger partial charge in [-0.1, -0.05) is 30.2 Å². The Hall–Kier alpha value is -0.690. The summed E-state index contributed by atoms with van der Waals surface area (Å²) in [5.74, 6) is 0.670. The summed E-state index contributed by atoms with van der Waals surface area (Å²) in [7, 11) is 0. The number of hydrogen-bond acceptors (Lipinski definition) is 1. The zero-order valence-corrected chi connectivity index (χ0v) is 7.64. The van der Waals surface area contributed by atoms with Crippen LogP contribution < -0.4 is 5.73 Å². The topological polar surface area (TPSA) is 26.0 Å². The molecule has 12 heavy (non-hydrogen) atoms. The van der Waals surface area contributed by atoms with E-state index in [2.05, 4.69) is 6.07 Å². The second kappa shape index (κ2) is 2.98. The highest BCUT2D eigenvalue weighted by atomic mass is 35.5. The van der Waals surface area contributed by atoms with Crippen LogP contribution in [0.2, 0.25) is 5.02 Å². The molecule has 0 aromatic heterocycles. The van der Waals surface area contributed by atoms with E-state index in [0.29, 0.717) is 10.9 Å². The number of halogens is 1. The van der Waals surface area contributed by atoms with E-state index >= 15 is 0 Å². The van der Waals surface area contributed by atoms with Gasteiger partial charge in [0.2, 0.25) is 0 Å². The zero-order chi connectivity index (χ0) is 8.55. The van der Waals surface area contributed by atoms with Crippen LogP contribution in [-0.2, 0) is 0 Å². The molecular formula is C10H12ClN. The maximum atomic E-state index is 5.91. The summed E-state index contributed by atoms with van der Waals surface area (Å²) in [5, 5.41) is 0.694. The predicted octanol–water partition coefficient (Wildman–Crippen LogP) is 3.19. The van der Waals surface area contributed by atoms with Gasteiger partial charge in [0.1, 0.15) is 0 Å². The third-order valence-electron chi connectivity index (χ3n) is 2.63. The zero-order valence-electron chi connectivity index (χ0n) is 6.89. The van der Waals surface area contributed by atoms with Crippen molar-refractivity contribution in [3.63, 3.8) is 0 Å². The molecule has 1 nitrogen and oxygen atoms in total. The molecule has 0 amide bonds. The van der Waals surface area contributed by atoms with Gasteiger partial charge in [0.25, 0.3) is 0 Å². The molecule has 0 saturated heterocycles. The fourth-order valence-electron chi connectivity index (χ4n) is 1.63. The Morgan fingerprint density at radius 2 is 2.08 bits per heavy atom. The molecule has 0 bridgehead atoms. The lowest BCUT2D eigenvalue weighted by Gasteiger charge is -2.27. The molecule has 2 rings (SSSR count). The van der Waals surface area contributed by atoms with Crippen LogP contribution in [0.25, 0.3) is 0 Å². The van der Waals surface area contributed by atoms with Crippen molar-refractivity contribution in [3.05, 3.63) is 28.8 Å². The summed E-state index contributed by atoms with van der Waals surface area (Å²) in [6.07, 6.45) is 3.87. The van der Waals surface area contributed by atoms with Gasteiger partial charge >= 0.3 is 0 Å². The van der Waals surface area contributed by atoms with E-state index in [0.717, 1.165) is 5.69 Å². The summed E-state index contributed by atoms with van der Waals surface area (Å²) in [5.41, 5.74) is 7.89. The van der Waals surface area contributed by atoms with Gasteiger partial charge in [-0.05, 0) is 30.4 Å². The van der Waals surface area contributed by atoms with E-state index in [1.807, 2.05) is 12.1 Å². The molecule has 1 saturated carbocycles. The van der Waals surface area contributed by atoms with E-state index in [4.69, 9.17) is 17.3 Å². The highest BCUT2D eigenvalue weighted by molar-refractivity contribution is 6.33. The minimum absolute atomic E-state index is 0.670. The van der Waals surface area contributed by atoms with Crippen molar-refractivity contribution in [3.8, 4) is 0 Å². The van der Waals surface area contributed by atoms with Gasteiger partial charge in [0.05, 0.1) is 10.7 Å². The monoisotopic (exact) mass is 181 g/mol. The predicted molar refractivity (Wildman–Crippen MR) is 52.5 cm³/mol. The van der Waals surface area contributed by atoms with Crippen LogP contribution in [0, 0.1) is 0 Å². The second-order valence-corrected chi connectivity index (χ2v) is 3.78. The first-order valence-corrected chi connectivity index (χ1v) is 4.70. The van der Waals surface area contributed by atoms with Crippen molar-refractivity contribution in [2.75, 3.05) is 5.73 Å². The van der Waals surface area contributed by atoms with E-state index in [-0.39, 0.29) is 0 Å². The molecule has 1 aromatic carbocycles. The Bertz CT molecular complexity index is 292. The first-order valence-electron chi connectivity index (χ1n) is 4.33. The van der Waals surface area contributed by atoms with Crippen molar-refractivity contribution in [2.45, 2.75) is 25.2 Å². The van der Waals surface area contributed by atoms with Crippen LogP contribution in [0.3, 0.4) is 0 Å². The highest BCUT2D eigenvalue weighted by Crippen LogP contribution is 2.40. The summed E-state index contributed by atoms with van der Waals surface area (Å²) in [6, 6.07) is 5.91. The molecule has 2 heteroatoms. The Kier molecular flexibility index (Phi) is 1.97. The molecule has 1 aliphatic carbocycles. The summed E-state index contributed by atoms with van der Waals surface area (Å²) >= 11 is 5.91. The molecule has 0 spiro atoms. The lowest BCUT2D eigenvalue weighted by molar-refractivity contribution is 0.421. The fraction of sp³-hybridized carbons (Fsp3) is 0.400. The average Bonchev–Trinajstić information content (AvgIpc) is 1.95. The standard InChI is InChI=1S/C10H12ClN/c11-9-6-2-5-8(10(9)12)7-3-1-4-7/h2,5-7H,1,3-4,12H2. The van der Waals surface area contributed by atoms with Gasteiger partial charge < -0.3 is 5.73 Å². The Labute approximate surface area is 77.5 Å². The van der Waals surface area contributed by atoms with E-state index < -0.39 is 0 Å². The van der Waals surface area contributed by atoms with Crippen LogP contribution in [0.4, 0.5) is 5.69 Å². The van der Waals surface area contributed by atoms with Crippen molar-refractivity contribution < 1.29 is 0 Å². The maximum Gasteiger partial charge on any atom is 0.0638 e. The molecule has 0 aliphatic heterocycles. The molecule has 0 atom stereocenters. The third kappa shape index (κ3) is 1.18. The first-order chi connectivity index (χ1) is 5.79. The molecule has 2 N–H and O–H groups in total. The molecule has 0 unspecified atom stereocenters. The number of nitrogen functional groups attached to an aromatic ring is 1. The molecule has 1 fully saturated rings. The van der Waals surface area contributed by atoms with Crippen LogP contribution >= 0.6 is 11.6 Å². The molecular weight excluding hydrogens is 170 g/mol. The van der Waals surface area contributed by atoms with E-state index in [1.54, 1.807) is 0 Å². The first kappa shape index (κ1) is 7.93. The van der Waals surface area contributed by atoms with Gasteiger partial charge in [-0.15, -0.1) is 0 Å². The number of para-hydroxylation sites is 1. The number of benzene rings is 1. The minimum Gasteiger partial charge on any atom is -0.397 e. The Morgan fingerprint density at radius 1 is 1.33 bits per heavy atom. The van der Waals surface area contributed by atoms with Gasteiger partial charge in [-0.2, -0.15) is 0 Å². The smallest absolute Gasteiger partial charge is 0.0638 e. The molecule has 0 radical (unpaired) electrons. The molecule has 1 aliphatic rings. The molecule has 0 heterocycles. The second-order valence-electron chi connectivity index (χ2n) is 3.37. The quantitative estimate of drug-likeness (QED) is 0.662. The summed E-state index contributed by atoms with van der Waals surface area (Å²) in [6.45, 7) is 0. The molecule has 64 valence electrons. The molecule has 1 aromatic rings. The van der Waals surface area contributed by atoms with Crippen molar-refractivity contribution >= 4 is 17.3 Å². The minimum atomic E-state index is 0.670. The van der Waals surface area contributed by atoms with Crippen molar-refractivity contribution in [2.24, 2.45) is 0 Å². The van der Waals surface area contributed by atoms with Crippen molar-refractivity contribution in [1.29, 1.82) is 0 Å². The Balaban J connectivity index is 2.36. The van der Waals surface area contributed by atoms with Crippen LogP contribution in [0.5, 0.6) is 0 Å². The highest BCUT2D eigenvalue weighted by Gasteiger charge is 2.21. The van der Waals surface area contributed by atoms with Crippen LogP contribution in [0.15, 0.2) is 18.2 Å². The van der Waals surface area contributed by atoms with Crippen LogP contribution in [0.1, 0.15) is 30.7 Å². The van der Waals surface area contributed by atoms with Gasteiger partial charge in [-0.3, -0.25) is 0 Å². The number of hydrogen-bond donors (Lipinski definition) is 1. The average molecular weight is 182 g/mol. The van der Waals surface area contributed by atoms with Gasteiger partial charge in [-0.25, -0.2) is 0 Å². The summed E-state index contributed by atoms with van der Waals surface area (Å²) in [4.78, 5) is 0. The largest absolute Gasteiger partial charge is 0.397 e.